The first-order chi connectivity index (χ1) is 7.42. The summed E-state index contributed by atoms with van der Waals surface area (Å²) in [4.78, 5) is 0. The molecule has 0 aliphatic carbocycles. The number of methoxy groups -OCH3 is 1. The van der Waals surface area contributed by atoms with Crippen molar-refractivity contribution in [1.82, 2.24) is 0 Å². The van der Waals surface area contributed by atoms with E-state index in [0.717, 1.165) is 5.57 Å². The lowest BCUT2D eigenvalue weighted by atomic mass is 10.3. The van der Waals surface area contributed by atoms with Crippen molar-refractivity contribution in [3.8, 4) is 0 Å². The van der Waals surface area contributed by atoms with Crippen LogP contribution in [0.1, 0.15) is 27.7 Å². The molecule has 0 heterocycles. The summed E-state index contributed by atoms with van der Waals surface area (Å²) in [5.74, 6) is 0.477. The second-order valence-electron chi connectivity index (χ2n) is 3.31. The zero-order chi connectivity index (χ0) is 12.8. The summed E-state index contributed by atoms with van der Waals surface area (Å²) in [5, 5.41) is 0.277. The maximum atomic E-state index is 12.4. The van der Waals surface area contributed by atoms with Gasteiger partial charge in [0.2, 0.25) is 0 Å². The molecule has 0 spiro atoms. The first kappa shape index (κ1) is 15.4. The molecule has 0 amide bonds. The largest absolute Gasteiger partial charge is 0.496 e. The summed E-state index contributed by atoms with van der Waals surface area (Å²) in [6.45, 7) is 11.6. The zero-order valence-electron chi connectivity index (χ0n) is 10.7. The van der Waals surface area contributed by atoms with Crippen LogP contribution in [0.3, 0.4) is 0 Å². The van der Waals surface area contributed by atoms with Crippen molar-refractivity contribution < 1.29 is 18.3 Å². The Balaban J connectivity index is 5.17. The topological polar surface area (TPSA) is 44.8 Å². The molecule has 0 saturated heterocycles. The second kappa shape index (κ2) is 6.89. The highest BCUT2D eigenvalue weighted by Gasteiger charge is 2.31. The molecular formula is C11H21O4P. The quantitative estimate of drug-likeness (QED) is 0.391. The van der Waals surface area contributed by atoms with Crippen molar-refractivity contribution in [2.45, 2.75) is 27.7 Å². The summed E-state index contributed by atoms with van der Waals surface area (Å²) in [7, 11) is -1.80. The van der Waals surface area contributed by atoms with E-state index >= 15 is 0 Å². The van der Waals surface area contributed by atoms with Crippen molar-refractivity contribution in [3.63, 3.8) is 0 Å². The lowest BCUT2D eigenvalue weighted by Crippen LogP contribution is -2.02. The van der Waals surface area contributed by atoms with Crippen molar-refractivity contribution in [2.75, 3.05) is 20.3 Å². The predicted molar refractivity (Wildman–Crippen MR) is 65.4 cm³/mol. The summed E-state index contributed by atoms with van der Waals surface area (Å²) in [6, 6.07) is 0. The van der Waals surface area contributed by atoms with Crippen LogP contribution < -0.4 is 0 Å². The summed E-state index contributed by atoms with van der Waals surface area (Å²) < 4.78 is 27.9. The Morgan fingerprint density at radius 2 is 1.62 bits per heavy atom. The number of allylic oxidation sites excluding steroid dienone is 2. The second-order valence-corrected chi connectivity index (χ2v) is 5.36. The van der Waals surface area contributed by atoms with Gasteiger partial charge in [-0.05, 0) is 33.3 Å². The van der Waals surface area contributed by atoms with Gasteiger partial charge in [-0.25, -0.2) is 0 Å². The molecule has 0 fully saturated rings. The molecule has 0 atom stereocenters. The summed E-state index contributed by atoms with van der Waals surface area (Å²) in [5.41, 5.74) is 0.882. The molecule has 5 heteroatoms. The molecule has 0 aromatic heterocycles. The van der Waals surface area contributed by atoms with E-state index in [1.807, 2.05) is 13.8 Å². The van der Waals surface area contributed by atoms with Gasteiger partial charge in [0.1, 0.15) is 5.76 Å². The fraction of sp³-hybridized carbons (Fsp3) is 0.636. The summed E-state index contributed by atoms with van der Waals surface area (Å²) in [6.07, 6.45) is 0. The lowest BCUT2D eigenvalue weighted by Gasteiger charge is -2.21. The first-order valence-corrected chi connectivity index (χ1v) is 6.77. The molecule has 0 unspecified atom stereocenters. The average Bonchev–Trinajstić information content (AvgIpc) is 2.18. The molecule has 0 aromatic carbocycles. The monoisotopic (exact) mass is 248 g/mol. The van der Waals surface area contributed by atoms with E-state index in [9.17, 15) is 4.57 Å². The van der Waals surface area contributed by atoms with Gasteiger partial charge in [-0.3, -0.25) is 4.57 Å². The third kappa shape index (κ3) is 3.78. The van der Waals surface area contributed by atoms with Crippen molar-refractivity contribution in [3.05, 3.63) is 23.2 Å². The van der Waals surface area contributed by atoms with Crippen LogP contribution in [0.15, 0.2) is 23.2 Å². The maximum absolute atomic E-state index is 12.4. The Labute approximate surface area is 97.8 Å². The number of rotatable bonds is 7. The molecule has 0 saturated carbocycles. The van der Waals surface area contributed by atoms with E-state index < -0.39 is 7.60 Å². The Bertz CT molecular complexity index is 306. The van der Waals surface area contributed by atoms with Gasteiger partial charge in [-0.2, -0.15) is 0 Å². The van der Waals surface area contributed by atoms with Crippen LogP contribution in [0.2, 0.25) is 0 Å². The van der Waals surface area contributed by atoms with E-state index in [1.54, 1.807) is 13.8 Å². The van der Waals surface area contributed by atoms with E-state index in [-0.39, 0.29) is 5.31 Å². The minimum Gasteiger partial charge on any atom is -0.496 e. The van der Waals surface area contributed by atoms with E-state index in [1.165, 1.54) is 7.11 Å². The van der Waals surface area contributed by atoms with Crippen LogP contribution in [-0.2, 0) is 18.3 Å². The minimum absolute atomic E-state index is 0.277. The molecule has 16 heavy (non-hydrogen) atoms. The number of ether oxygens (including phenoxy) is 1. The molecule has 0 aliphatic rings. The molecular weight excluding hydrogens is 227 g/mol. The van der Waals surface area contributed by atoms with Gasteiger partial charge in [0.15, 0.2) is 0 Å². The Kier molecular flexibility index (Phi) is 6.65. The number of hydrogen-bond donors (Lipinski definition) is 0. The highest BCUT2D eigenvalue weighted by Crippen LogP contribution is 2.58. The van der Waals surface area contributed by atoms with Gasteiger partial charge in [-0.15, -0.1) is 0 Å². The van der Waals surface area contributed by atoms with E-state index in [2.05, 4.69) is 6.58 Å². The van der Waals surface area contributed by atoms with Gasteiger partial charge in [0.05, 0.1) is 25.6 Å². The van der Waals surface area contributed by atoms with Gasteiger partial charge in [-0.1, -0.05) is 6.58 Å². The van der Waals surface area contributed by atoms with Crippen molar-refractivity contribution in [1.29, 1.82) is 0 Å². The van der Waals surface area contributed by atoms with Gasteiger partial charge < -0.3 is 13.8 Å². The Hall–Kier alpha value is -0.570. The third-order valence-electron chi connectivity index (χ3n) is 1.85. The molecule has 0 N–H and O–H groups in total. The summed E-state index contributed by atoms with van der Waals surface area (Å²) >= 11 is 0. The molecule has 0 aromatic rings. The van der Waals surface area contributed by atoms with Crippen LogP contribution in [0.5, 0.6) is 0 Å². The normalized spacial score (nSPS) is 11.1. The molecule has 0 aliphatic heterocycles. The fourth-order valence-corrected chi connectivity index (χ4v) is 2.90. The zero-order valence-corrected chi connectivity index (χ0v) is 11.6. The Morgan fingerprint density at radius 1 is 1.19 bits per heavy atom. The molecule has 4 nitrogen and oxygen atoms in total. The first-order valence-electron chi connectivity index (χ1n) is 5.23. The maximum Gasteiger partial charge on any atom is 0.364 e. The van der Waals surface area contributed by atoms with Gasteiger partial charge >= 0.3 is 7.60 Å². The highest BCUT2D eigenvalue weighted by atomic mass is 31.2. The fourth-order valence-electron chi connectivity index (χ4n) is 1.27. The van der Waals surface area contributed by atoms with Crippen LogP contribution in [0.25, 0.3) is 0 Å². The Morgan fingerprint density at radius 3 is 1.88 bits per heavy atom. The SMILES string of the molecule is C=C(C(OC)=C(C)C)P(=O)(OCC)OCC. The minimum atomic E-state index is -3.31. The average molecular weight is 248 g/mol. The standard InChI is InChI=1S/C11H21O4P/c1-7-14-16(12,15-8-2)10(5)11(13-6)9(3)4/h5,7-8H2,1-4,6H3. The van der Waals surface area contributed by atoms with E-state index in [0.29, 0.717) is 19.0 Å². The molecule has 0 rings (SSSR count). The van der Waals surface area contributed by atoms with Crippen LogP contribution in [-0.4, -0.2) is 20.3 Å². The third-order valence-corrected chi connectivity index (χ3v) is 3.91. The predicted octanol–water partition coefficient (Wildman–Crippen LogP) is 3.71. The van der Waals surface area contributed by atoms with Crippen molar-refractivity contribution >= 4 is 7.60 Å². The van der Waals surface area contributed by atoms with Gasteiger partial charge in [0, 0.05) is 0 Å². The molecule has 0 bridgehead atoms. The number of hydrogen-bond acceptors (Lipinski definition) is 4. The highest BCUT2D eigenvalue weighted by molar-refractivity contribution is 7.58. The van der Waals surface area contributed by atoms with E-state index in [4.69, 9.17) is 13.8 Å². The lowest BCUT2D eigenvalue weighted by molar-refractivity contribution is 0.221. The van der Waals surface area contributed by atoms with Crippen LogP contribution in [0.4, 0.5) is 0 Å². The van der Waals surface area contributed by atoms with Crippen molar-refractivity contribution in [2.24, 2.45) is 0 Å². The van der Waals surface area contributed by atoms with Crippen LogP contribution >= 0.6 is 7.60 Å². The molecule has 94 valence electrons. The van der Waals surface area contributed by atoms with Gasteiger partial charge in [0.25, 0.3) is 0 Å². The van der Waals surface area contributed by atoms with Crippen LogP contribution in [0, 0.1) is 0 Å². The molecule has 0 radical (unpaired) electrons. The smallest absolute Gasteiger partial charge is 0.364 e.